The number of hydrogen-bond acceptors (Lipinski definition) is 2. The second-order valence-corrected chi connectivity index (χ2v) is 2.20. The minimum absolute atomic E-state index is 0. The van der Waals surface area contributed by atoms with Crippen molar-refractivity contribution in [2.24, 2.45) is 0 Å². The molecule has 84 valence electrons. The minimum Gasteiger partial charge on any atom is 0 e. The Bertz CT molecular complexity index is 515. The Kier molecular flexibility index (Phi) is 15.1. The Morgan fingerprint density at radius 2 is 0.941 bits per heavy atom. The van der Waals surface area contributed by atoms with E-state index in [2.05, 4.69) is 20.0 Å². The molecule has 2 aromatic rings. The van der Waals surface area contributed by atoms with Crippen LogP contribution in [-0.4, -0.2) is 0 Å². The molecule has 0 unspecified atom stereocenters. The van der Waals surface area contributed by atoms with E-state index in [-0.39, 0.29) is 28.2 Å². The molecular weight excluding hydrogens is 264 g/mol. The van der Waals surface area contributed by atoms with Gasteiger partial charge in [0.2, 0.25) is 10.9 Å². The summed E-state index contributed by atoms with van der Waals surface area (Å²) in [4.78, 5) is 21.4. The van der Waals surface area contributed by atoms with Crippen molar-refractivity contribution in [3.63, 3.8) is 0 Å². The van der Waals surface area contributed by atoms with Gasteiger partial charge in [-0.15, -0.1) is 0 Å². The molecule has 2 rings (SSSR count). The average Bonchev–Trinajstić information content (AvgIpc) is 2.44. The van der Waals surface area contributed by atoms with E-state index in [1.165, 1.54) is 0 Å². The normalized spacial score (nSPS) is 6.71. The van der Waals surface area contributed by atoms with Gasteiger partial charge in [0.05, 0.1) is 0 Å². The Labute approximate surface area is 107 Å². The fourth-order valence-electron chi connectivity index (χ4n) is 1.06. The fourth-order valence-corrected chi connectivity index (χ4v) is 1.06. The molecule has 0 atom stereocenters. The summed E-state index contributed by atoms with van der Waals surface area (Å²) >= 11 is 0. The van der Waals surface area contributed by atoms with Gasteiger partial charge in [-0.2, -0.15) is 0 Å². The Morgan fingerprint density at radius 3 is 1.18 bits per heavy atom. The van der Waals surface area contributed by atoms with Crippen molar-refractivity contribution >= 4 is 10.8 Å². The molecule has 17 heavy (non-hydrogen) atoms. The van der Waals surface area contributed by atoms with Crippen molar-refractivity contribution in [3.05, 3.63) is 64.7 Å². The van der Waals surface area contributed by atoms with Crippen LogP contribution in [-0.2, 0) is 31.3 Å². The van der Waals surface area contributed by atoms with Crippen LogP contribution in [0.4, 0.5) is 0 Å². The fraction of sp³-hybridized carbons (Fsp3) is 0. The van der Waals surface area contributed by atoms with Crippen LogP contribution < -0.4 is 10.9 Å². The van der Waals surface area contributed by atoms with Crippen molar-refractivity contribution in [1.82, 2.24) is 0 Å². The Hall–Kier alpha value is -1.69. The van der Waals surface area contributed by atoms with Crippen LogP contribution in [0.5, 0.6) is 0 Å². The van der Waals surface area contributed by atoms with Gasteiger partial charge in [-0.05, 0) is 0 Å². The van der Waals surface area contributed by atoms with Gasteiger partial charge >= 0.3 is 33.9 Å². The summed E-state index contributed by atoms with van der Waals surface area (Å²) in [5.74, 6) is 0. The topological polar surface area (TPSA) is 93.8 Å². The van der Waals surface area contributed by atoms with E-state index in [9.17, 15) is 9.59 Å². The SMILES string of the molecule is O=c1c(=O)c2ccccc12.[C-]#[O+].[C-]#[O+].[C-]#[O+].[Cr]. The van der Waals surface area contributed by atoms with Crippen LogP contribution in [0.1, 0.15) is 0 Å². The van der Waals surface area contributed by atoms with Crippen LogP contribution >= 0.6 is 0 Å². The Balaban J connectivity index is -0.000000248. The molecule has 2 aromatic carbocycles. The summed E-state index contributed by atoms with van der Waals surface area (Å²) in [6.07, 6.45) is 0. The summed E-state index contributed by atoms with van der Waals surface area (Å²) in [6, 6.07) is 6.84. The maximum Gasteiger partial charge on any atom is 0 e. The van der Waals surface area contributed by atoms with Crippen LogP contribution in [0.3, 0.4) is 0 Å². The van der Waals surface area contributed by atoms with Crippen molar-refractivity contribution in [2.45, 2.75) is 0 Å². The molecule has 0 saturated carbocycles. The maximum absolute atomic E-state index is 10.7. The molecule has 0 fully saturated rings. The minimum atomic E-state index is -0.351. The first-order valence-corrected chi connectivity index (χ1v) is 3.60. The first kappa shape index (κ1) is 20.7. The van der Waals surface area contributed by atoms with Gasteiger partial charge in [0.15, 0.2) is 0 Å². The first-order chi connectivity index (χ1) is 7.80. The first-order valence-electron chi connectivity index (χ1n) is 3.60. The number of fused-ring (bicyclic) bond motifs is 1. The monoisotopic (exact) mass is 268 g/mol. The molecule has 0 saturated heterocycles. The smallest absolute Gasteiger partial charge is 0 e. The van der Waals surface area contributed by atoms with Crippen molar-refractivity contribution in [3.8, 4) is 0 Å². The van der Waals surface area contributed by atoms with Crippen LogP contribution in [0.15, 0.2) is 33.9 Å². The van der Waals surface area contributed by atoms with Gasteiger partial charge < -0.3 is 0 Å². The van der Waals surface area contributed by atoms with Gasteiger partial charge in [0.25, 0.3) is 0 Å². The molecule has 0 aromatic heterocycles. The standard InChI is InChI=1S/C8H4O2.3CO.Cr/c9-7-5-3-1-2-4-6(5)8(7)10;3*1-2;/h1-4H;;;;. The molecule has 0 spiro atoms. The molecule has 6 heteroatoms. The largest absolute Gasteiger partial charge is 0 e. The quantitative estimate of drug-likeness (QED) is 0.391. The number of benzene rings is 1. The molecule has 0 aliphatic carbocycles. The molecule has 0 radical (unpaired) electrons. The molecule has 0 heterocycles. The third-order valence-corrected chi connectivity index (χ3v) is 1.62. The van der Waals surface area contributed by atoms with Gasteiger partial charge in [-0.3, -0.25) is 9.59 Å². The van der Waals surface area contributed by atoms with E-state index >= 15 is 0 Å². The molecule has 0 N–H and O–H groups in total. The predicted octanol–water partition coefficient (Wildman–Crippen LogP) is 0.321. The zero-order valence-corrected chi connectivity index (χ0v) is 9.53. The maximum atomic E-state index is 10.7. The van der Waals surface area contributed by atoms with E-state index in [0.717, 1.165) is 0 Å². The summed E-state index contributed by atoms with van der Waals surface area (Å²) in [6.45, 7) is 13.5. The Morgan fingerprint density at radius 1 is 0.706 bits per heavy atom. The van der Waals surface area contributed by atoms with E-state index in [1.54, 1.807) is 24.3 Å². The molecule has 0 aliphatic heterocycles. The van der Waals surface area contributed by atoms with E-state index in [0.29, 0.717) is 10.8 Å². The predicted molar refractivity (Wildman–Crippen MR) is 50.6 cm³/mol. The summed E-state index contributed by atoms with van der Waals surface area (Å²) in [7, 11) is 0. The van der Waals surface area contributed by atoms with E-state index < -0.39 is 0 Å². The zero-order valence-electron chi connectivity index (χ0n) is 8.26. The summed E-state index contributed by atoms with van der Waals surface area (Å²) in [5, 5.41) is 1.13. The van der Waals surface area contributed by atoms with Crippen LogP contribution in [0.25, 0.3) is 10.8 Å². The summed E-state index contributed by atoms with van der Waals surface area (Å²) in [5.41, 5.74) is -0.703. The van der Waals surface area contributed by atoms with Gasteiger partial charge in [-0.25, -0.2) is 0 Å². The van der Waals surface area contributed by atoms with Crippen LogP contribution in [0.2, 0.25) is 0 Å². The zero-order chi connectivity index (χ0) is 13.1. The van der Waals surface area contributed by atoms with Gasteiger partial charge in [0.1, 0.15) is 0 Å². The van der Waals surface area contributed by atoms with Crippen molar-refractivity contribution < 1.29 is 31.3 Å². The molecule has 0 amide bonds. The van der Waals surface area contributed by atoms with Crippen LogP contribution in [0, 0.1) is 20.0 Å². The average molecular weight is 268 g/mol. The molecule has 5 nitrogen and oxygen atoms in total. The van der Waals surface area contributed by atoms with Crippen molar-refractivity contribution in [1.29, 1.82) is 0 Å². The van der Waals surface area contributed by atoms with Gasteiger partial charge in [0, 0.05) is 28.1 Å². The summed E-state index contributed by atoms with van der Waals surface area (Å²) < 4.78 is 22.5. The number of hydrogen-bond donors (Lipinski definition) is 0. The second kappa shape index (κ2) is 12.4. The van der Waals surface area contributed by atoms with E-state index in [1.807, 2.05) is 0 Å². The van der Waals surface area contributed by atoms with E-state index in [4.69, 9.17) is 14.0 Å². The second-order valence-electron chi connectivity index (χ2n) is 2.20. The molecule has 0 bridgehead atoms. The third-order valence-electron chi connectivity index (χ3n) is 1.62. The van der Waals surface area contributed by atoms with Gasteiger partial charge in [-0.1, -0.05) is 24.3 Å². The molecular formula is C11H4CrO5. The molecule has 0 aliphatic rings. The number of rotatable bonds is 0. The third kappa shape index (κ3) is 4.78. The van der Waals surface area contributed by atoms with Crippen molar-refractivity contribution in [2.75, 3.05) is 0 Å².